The van der Waals surface area contributed by atoms with Crippen LogP contribution in [0.5, 0.6) is 5.75 Å². The molecule has 1 aromatic rings. The van der Waals surface area contributed by atoms with Crippen molar-refractivity contribution in [1.29, 1.82) is 0 Å². The van der Waals surface area contributed by atoms with Gasteiger partial charge in [0.05, 0.1) is 6.61 Å². The fourth-order valence-electron chi connectivity index (χ4n) is 2.06. The molecule has 0 heterocycles. The smallest absolute Gasteiger partial charge is 0.223 e. The second-order valence-electron chi connectivity index (χ2n) is 5.05. The zero-order chi connectivity index (χ0) is 16.4. The first kappa shape index (κ1) is 18.0. The highest BCUT2D eigenvalue weighted by atomic mass is 16.5. The van der Waals surface area contributed by atoms with Gasteiger partial charge in [0.1, 0.15) is 5.75 Å². The van der Waals surface area contributed by atoms with Gasteiger partial charge in [-0.3, -0.25) is 9.59 Å². The Morgan fingerprint density at radius 2 is 1.86 bits per heavy atom. The van der Waals surface area contributed by atoms with E-state index in [0.717, 1.165) is 24.3 Å². The van der Waals surface area contributed by atoms with Gasteiger partial charge in [-0.25, -0.2) is 0 Å². The van der Waals surface area contributed by atoms with Gasteiger partial charge >= 0.3 is 0 Å². The zero-order valence-electron chi connectivity index (χ0n) is 13.7. The molecule has 0 saturated carbocycles. The third kappa shape index (κ3) is 6.16. The quantitative estimate of drug-likeness (QED) is 0.714. The number of hydrogen-bond donors (Lipinski definition) is 1. The highest BCUT2D eigenvalue weighted by molar-refractivity contribution is 5.92. The van der Waals surface area contributed by atoms with E-state index >= 15 is 0 Å². The lowest BCUT2D eigenvalue weighted by Crippen LogP contribution is -2.34. The molecule has 5 heteroatoms. The summed E-state index contributed by atoms with van der Waals surface area (Å²) in [5.41, 5.74) is 0.775. The number of nitrogens with zero attached hydrogens (tertiary/aromatic N) is 1. The Hall–Kier alpha value is -2.04. The van der Waals surface area contributed by atoms with E-state index < -0.39 is 0 Å². The lowest BCUT2D eigenvalue weighted by Gasteiger charge is -2.21. The maximum atomic E-state index is 11.8. The molecule has 5 nitrogen and oxygen atoms in total. The van der Waals surface area contributed by atoms with Gasteiger partial charge in [-0.1, -0.05) is 13.3 Å². The molecule has 0 bridgehead atoms. The summed E-state index contributed by atoms with van der Waals surface area (Å²) in [4.78, 5) is 25.1. The Bertz CT molecular complexity index is 471. The summed E-state index contributed by atoms with van der Waals surface area (Å²) in [5, 5.41) is 2.86. The largest absolute Gasteiger partial charge is 0.494 e. The summed E-state index contributed by atoms with van der Waals surface area (Å²) in [5.74, 6) is 0.670. The molecule has 0 fully saturated rings. The predicted molar refractivity (Wildman–Crippen MR) is 88.2 cm³/mol. The molecule has 0 radical (unpaired) electrons. The maximum Gasteiger partial charge on any atom is 0.223 e. The van der Waals surface area contributed by atoms with Gasteiger partial charge in [0, 0.05) is 32.1 Å². The Balaban J connectivity index is 2.58. The molecule has 0 spiro atoms. The molecule has 2 amide bonds. The van der Waals surface area contributed by atoms with Crippen LogP contribution in [0.2, 0.25) is 0 Å². The van der Waals surface area contributed by atoms with Gasteiger partial charge in [0.15, 0.2) is 0 Å². The minimum absolute atomic E-state index is 0.0226. The first-order valence-electron chi connectivity index (χ1n) is 7.86. The topological polar surface area (TPSA) is 58.6 Å². The molecular formula is C17H26N2O3. The Labute approximate surface area is 132 Å². The minimum Gasteiger partial charge on any atom is -0.494 e. The molecule has 1 rings (SSSR count). The van der Waals surface area contributed by atoms with Gasteiger partial charge in [-0.05, 0) is 37.6 Å². The first-order chi connectivity index (χ1) is 10.6. The molecule has 0 aromatic heterocycles. The molecule has 1 N–H and O–H groups in total. The van der Waals surface area contributed by atoms with Crippen LogP contribution in [-0.4, -0.2) is 31.5 Å². The summed E-state index contributed by atoms with van der Waals surface area (Å²) >= 11 is 0. The van der Waals surface area contributed by atoms with Crippen molar-refractivity contribution < 1.29 is 14.3 Å². The third-order valence-corrected chi connectivity index (χ3v) is 3.25. The summed E-state index contributed by atoms with van der Waals surface area (Å²) in [7, 11) is 0. The maximum absolute atomic E-state index is 11.8. The van der Waals surface area contributed by atoms with E-state index in [1.54, 1.807) is 4.90 Å². The normalized spacial score (nSPS) is 10.1. The lowest BCUT2D eigenvalue weighted by molar-refractivity contribution is -0.121. The van der Waals surface area contributed by atoms with Crippen LogP contribution in [-0.2, 0) is 9.59 Å². The van der Waals surface area contributed by atoms with E-state index in [0.29, 0.717) is 26.1 Å². The molecule has 0 saturated heterocycles. The fraction of sp³-hybridized carbons (Fsp3) is 0.529. The van der Waals surface area contributed by atoms with E-state index in [1.165, 1.54) is 6.92 Å². The number of carbonyl (C=O) groups is 2. The number of amides is 2. The highest BCUT2D eigenvalue weighted by Gasteiger charge is 2.13. The summed E-state index contributed by atoms with van der Waals surface area (Å²) in [6.07, 6.45) is 2.32. The fourth-order valence-corrected chi connectivity index (χ4v) is 2.06. The number of benzene rings is 1. The van der Waals surface area contributed by atoms with Crippen LogP contribution in [0.25, 0.3) is 0 Å². The molecule has 0 aliphatic heterocycles. The van der Waals surface area contributed by atoms with Crippen molar-refractivity contribution in [2.75, 3.05) is 24.6 Å². The van der Waals surface area contributed by atoms with Crippen LogP contribution in [0.4, 0.5) is 5.69 Å². The van der Waals surface area contributed by atoms with Crippen LogP contribution < -0.4 is 15.0 Å². The number of nitrogens with one attached hydrogen (secondary N) is 1. The second-order valence-corrected chi connectivity index (χ2v) is 5.05. The molecule has 0 aliphatic rings. The van der Waals surface area contributed by atoms with Crippen molar-refractivity contribution in [3.05, 3.63) is 24.3 Å². The molecule has 0 aliphatic carbocycles. The van der Waals surface area contributed by atoms with Gasteiger partial charge in [-0.15, -0.1) is 0 Å². The average Bonchev–Trinajstić information content (AvgIpc) is 2.49. The third-order valence-electron chi connectivity index (χ3n) is 3.25. The molecule has 22 heavy (non-hydrogen) atoms. The zero-order valence-corrected chi connectivity index (χ0v) is 13.7. The number of unbranched alkanes of at least 4 members (excludes halogenated alkanes) is 1. The van der Waals surface area contributed by atoms with Gasteiger partial charge in [-0.2, -0.15) is 0 Å². The van der Waals surface area contributed by atoms with Gasteiger partial charge in [0.25, 0.3) is 0 Å². The summed E-state index contributed by atoms with van der Waals surface area (Å²) < 4.78 is 5.39. The Morgan fingerprint density at radius 3 is 2.41 bits per heavy atom. The Morgan fingerprint density at radius 1 is 1.18 bits per heavy atom. The van der Waals surface area contributed by atoms with Gasteiger partial charge in [0.2, 0.25) is 11.8 Å². The van der Waals surface area contributed by atoms with Crippen LogP contribution in [0.3, 0.4) is 0 Å². The Kier molecular flexibility index (Phi) is 8.04. The van der Waals surface area contributed by atoms with Crippen molar-refractivity contribution in [2.45, 2.75) is 40.0 Å². The van der Waals surface area contributed by atoms with Crippen LogP contribution in [0, 0.1) is 0 Å². The van der Waals surface area contributed by atoms with Crippen LogP contribution in [0.1, 0.15) is 40.0 Å². The second kappa shape index (κ2) is 9.82. The van der Waals surface area contributed by atoms with E-state index in [1.807, 2.05) is 31.2 Å². The van der Waals surface area contributed by atoms with E-state index in [2.05, 4.69) is 12.2 Å². The number of anilines is 1. The van der Waals surface area contributed by atoms with Crippen molar-refractivity contribution in [2.24, 2.45) is 0 Å². The van der Waals surface area contributed by atoms with Crippen molar-refractivity contribution in [3.63, 3.8) is 0 Å². The van der Waals surface area contributed by atoms with Crippen molar-refractivity contribution in [1.82, 2.24) is 5.32 Å². The minimum atomic E-state index is -0.0782. The first-order valence-corrected chi connectivity index (χ1v) is 7.86. The van der Waals surface area contributed by atoms with Crippen LogP contribution in [0.15, 0.2) is 24.3 Å². The van der Waals surface area contributed by atoms with E-state index in [-0.39, 0.29) is 11.8 Å². The number of hydrogen-bond acceptors (Lipinski definition) is 3. The monoisotopic (exact) mass is 306 g/mol. The standard InChI is InChI=1S/C17H26N2O3/c1-4-6-12-18-17(21)11-13-19(14(3)20)15-7-9-16(10-8-15)22-5-2/h7-10H,4-6,11-13H2,1-3H3,(H,18,21). The molecule has 122 valence electrons. The van der Waals surface area contributed by atoms with E-state index in [9.17, 15) is 9.59 Å². The van der Waals surface area contributed by atoms with Crippen molar-refractivity contribution >= 4 is 17.5 Å². The molecule has 0 atom stereocenters. The summed E-state index contributed by atoms with van der Waals surface area (Å²) in [6, 6.07) is 7.33. The number of carbonyl (C=O) groups excluding carboxylic acids is 2. The lowest BCUT2D eigenvalue weighted by atomic mass is 10.2. The number of ether oxygens (including phenoxy) is 1. The van der Waals surface area contributed by atoms with Gasteiger partial charge < -0.3 is 15.0 Å². The van der Waals surface area contributed by atoms with Crippen molar-refractivity contribution in [3.8, 4) is 5.75 Å². The number of rotatable bonds is 9. The van der Waals surface area contributed by atoms with E-state index in [4.69, 9.17) is 4.74 Å². The van der Waals surface area contributed by atoms with Crippen LogP contribution >= 0.6 is 0 Å². The summed E-state index contributed by atoms with van der Waals surface area (Å²) in [6.45, 7) is 7.18. The SMILES string of the molecule is CCCCNC(=O)CCN(C(C)=O)c1ccc(OCC)cc1. The molecule has 1 aromatic carbocycles. The molecule has 0 unspecified atom stereocenters. The average molecular weight is 306 g/mol. The molecular weight excluding hydrogens is 280 g/mol. The predicted octanol–water partition coefficient (Wildman–Crippen LogP) is 2.74. The highest BCUT2D eigenvalue weighted by Crippen LogP contribution is 2.20.